The van der Waals surface area contributed by atoms with Crippen LogP contribution in [0.4, 0.5) is 5.69 Å². The second kappa shape index (κ2) is 9.26. The van der Waals surface area contributed by atoms with Crippen LogP contribution in [0.1, 0.15) is 40.7 Å². The smallest absolute Gasteiger partial charge is 0.327 e. The molecule has 0 aliphatic rings. The third-order valence-corrected chi connectivity index (χ3v) is 5.87. The highest BCUT2D eigenvalue weighted by atomic mass is 32.2. The largest absolute Gasteiger partial charge is 0.456 e. The SMILES string of the molecule is CCCn1c(C)cc(C(=O)COC(=O)CN(c2ccccc2C)S(C)(=O)=O)c1C. The van der Waals surface area contributed by atoms with E-state index >= 15 is 0 Å². The van der Waals surface area contributed by atoms with Crippen molar-refractivity contribution in [3.8, 4) is 0 Å². The van der Waals surface area contributed by atoms with Crippen LogP contribution < -0.4 is 4.31 Å². The van der Waals surface area contributed by atoms with Gasteiger partial charge in [0.2, 0.25) is 15.8 Å². The second-order valence-electron chi connectivity index (χ2n) is 7.08. The normalized spacial score (nSPS) is 11.3. The predicted molar refractivity (Wildman–Crippen MR) is 113 cm³/mol. The summed E-state index contributed by atoms with van der Waals surface area (Å²) in [6, 6.07) is 8.65. The second-order valence-corrected chi connectivity index (χ2v) is 8.98. The van der Waals surface area contributed by atoms with Gasteiger partial charge in [-0.15, -0.1) is 0 Å². The van der Waals surface area contributed by atoms with Crippen molar-refractivity contribution >= 4 is 27.5 Å². The number of esters is 1. The van der Waals surface area contributed by atoms with Crippen molar-refractivity contribution in [2.75, 3.05) is 23.7 Å². The molecule has 0 fully saturated rings. The third-order valence-electron chi connectivity index (χ3n) is 4.74. The average Bonchev–Trinajstić information content (AvgIpc) is 2.93. The van der Waals surface area contributed by atoms with Crippen LogP contribution in [0.15, 0.2) is 30.3 Å². The highest BCUT2D eigenvalue weighted by molar-refractivity contribution is 7.92. The minimum Gasteiger partial charge on any atom is -0.456 e. The summed E-state index contributed by atoms with van der Waals surface area (Å²) in [4.78, 5) is 24.8. The number of carbonyl (C=O) groups is 2. The van der Waals surface area contributed by atoms with Gasteiger partial charge < -0.3 is 9.30 Å². The first-order chi connectivity index (χ1) is 13.6. The molecular weight excluding hydrogens is 392 g/mol. The van der Waals surface area contributed by atoms with Crippen molar-refractivity contribution in [2.45, 2.75) is 40.7 Å². The zero-order valence-corrected chi connectivity index (χ0v) is 18.4. The van der Waals surface area contributed by atoms with E-state index in [-0.39, 0.29) is 5.78 Å². The maximum atomic E-state index is 12.5. The maximum absolute atomic E-state index is 12.5. The van der Waals surface area contributed by atoms with Gasteiger partial charge in [0.15, 0.2) is 6.61 Å². The summed E-state index contributed by atoms with van der Waals surface area (Å²) in [5.41, 5.74) is 3.44. The van der Waals surface area contributed by atoms with E-state index in [1.165, 1.54) is 0 Å². The van der Waals surface area contributed by atoms with Gasteiger partial charge in [-0.05, 0) is 44.9 Å². The summed E-state index contributed by atoms with van der Waals surface area (Å²) in [5, 5.41) is 0. The lowest BCUT2D eigenvalue weighted by atomic mass is 10.1. The van der Waals surface area contributed by atoms with E-state index in [1.54, 1.807) is 37.3 Å². The number of anilines is 1. The zero-order chi connectivity index (χ0) is 21.8. The number of para-hydroxylation sites is 1. The fraction of sp³-hybridized carbons (Fsp3) is 0.429. The fourth-order valence-electron chi connectivity index (χ4n) is 3.26. The molecule has 0 spiro atoms. The van der Waals surface area contributed by atoms with Crippen molar-refractivity contribution < 1.29 is 22.7 Å². The summed E-state index contributed by atoms with van der Waals surface area (Å²) in [6.45, 7) is 7.49. The van der Waals surface area contributed by atoms with E-state index in [9.17, 15) is 18.0 Å². The molecule has 0 atom stereocenters. The lowest BCUT2D eigenvalue weighted by Crippen LogP contribution is -2.36. The van der Waals surface area contributed by atoms with E-state index in [2.05, 4.69) is 11.5 Å². The van der Waals surface area contributed by atoms with Crippen LogP contribution in [0.3, 0.4) is 0 Å². The van der Waals surface area contributed by atoms with E-state index in [0.29, 0.717) is 16.8 Å². The number of aryl methyl sites for hydroxylation is 2. The molecule has 1 aromatic carbocycles. The molecule has 0 unspecified atom stereocenters. The van der Waals surface area contributed by atoms with Crippen molar-refractivity contribution in [3.05, 3.63) is 52.8 Å². The third kappa shape index (κ3) is 5.47. The lowest BCUT2D eigenvalue weighted by molar-refractivity contribution is -0.140. The van der Waals surface area contributed by atoms with Crippen LogP contribution in [0.5, 0.6) is 0 Å². The Kier molecular flexibility index (Phi) is 7.24. The van der Waals surface area contributed by atoms with Gasteiger partial charge in [-0.2, -0.15) is 0 Å². The molecule has 8 heteroatoms. The van der Waals surface area contributed by atoms with Gasteiger partial charge in [0.05, 0.1) is 11.9 Å². The predicted octanol–water partition coefficient (Wildman–Crippen LogP) is 3.02. The quantitative estimate of drug-likeness (QED) is 0.460. The van der Waals surface area contributed by atoms with E-state index in [0.717, 1.165) is 34.9 Å². The minimum absolute atomic E-state index is 0.310. The van der Waals surface area contributed by atoms with Gasteiger partial charge in [-0.1, -0.05) is 25.1 Å². The van der Waals surface area contributed by atoms with Crippen molar-refractivity contribution in [3.63, 3.8) is 0 Å². The Bertz CT molecular complexity index is 1010. The number of sulfonamides is 1. The Labute approximate surface area is 172 Å². The molecule has 2 aromatic rings. The van der Waals surface area contributed by atoms with Crippen molar-refractivity contribution in [2.24, 2.45) is 0 Å². The summed E-state index contributed by atoms with van der Waals surface area (Å²) >= 11 is 0. The van der Waals surface area contributed by atoms with E-state index < -0.39 is 29.1 Å². The number of rotatable bonds is 9. The molecule has 0 radical (unpaired) electrons. The molecule has 0 N–H and O–H groups in total. The molecule has 0 aliphatic carbocycles. The number of aromatic nitrogens is 1. The highest BCUT2D eigenvalue weighted by Gasteiger charge is 2.24. The van der Waals surface area contributed by atoms with Crippen LogP contribution in [0.25, 0.3) is 0 Å². The first-order valence-corrected chi connectivity index (χ1v) is 11.3. The molecular formula is C21H28N2O5S. The zero-order valence-electron chi connectivity index (χ0n) is 17.6. The summed E-state index contributed by atoms with van der Waals surface area (Å²) in [5.74, 6) is -1.09. The van der Waals surface area contributed by atoms with Crippen LogP contribution in [0, 0.1) is 20.8 Å². The molecule has 0 saturated heterocycles. The first kappa shape index (κ1) is 22.7. The lowest BCUT2D eigenvalue weighted by Gasteiger charge is -2.23. The molecule has 158 valence electrons. The van der Waals surface area contributed by atoms with Crippen molar-refractivity contribution in [1.82, 2.24) is 4.57 Å². The van der Waals surface area contributed by atoms with Gasteiger partial charge in [-0.3, -0.25) is 13.9 Å². The van der Waals surface area contributed by atoms with E-state index in [1.807, 2.05) is 13.8 Å². The Morgan fingerprint density at radius 1 is 1.14 bits per heavy atom. The molecule has 1 heterocycles. The number of carbonyl (C=O) groups excluding carboxylic acids is 2. The van der Waals surface area contributed by atoms with Crippen LogP contribution in [-0.4, -0.2) is 44.1 Å². The van der Waals surface area contributed by atoms with Gasteiger partial charge >= 0.3 is 5.97 Å². The number of Topliss-reactive ketones (excluding diaryl/α,β-unsaturated/α-hetero) is 1. The topological polar surface area (TPSA) is 85.7 Å². The van der Waals surface area contributed by atoms with Gasteiger partial charge in [0.1, 0.15) is 6.54 Å². The Hall–Kier alpha value is -2.61. The molecule has 7 nitrogen and oxygen atoms in total. The molecule has 1 aromatic heterocycles. The summed E-state index contributed by atoms with van der Waals surface area (Å²) in [6.07, 6.45) is 1.97. The number of ketones is 1. The molecule has 0 saturated carbocycles. The van der Waals surface area contributed by atoms with Gasteiger partial charge in [0, 0.05) is 23.5 Å². The molecule has 0 amide bonds. The first-order valence-electron chi connectivity index (χ1n) is 9.45. The fourth-order valence-corrected chi connectivity index (χ4v) is 4.16. The Morgan fingerprint density at radius 3 is 2.38 bits per heavy atom. The average molecular weight is 421 g/mol. The minimum atomic E-state index is -3.70. The van der Waals surface area contributed by atoms with Gasteiger partial charge in [-0.25, -0.2) is 8.42 Å². The van der Waals surface area contributed by atoms with Crippen molar-refractivity contribution in [1.29, 1.82) is 0 Å². The standard InChI is InChI=1S/C21H28N2O5S/c1-6-11-22-16(3)12-18(17(22)4)20(24)14-28-21(25)13-23(29(5,26)27)19-10-8-7-9-15(19)2/h7-10,12H,6,11,13-14H2,1-5H3. The summed E-state index contributed by atoms with van der Waals surface area (Å²) < 4.78 is 32.5. The number of nitrogens with zero attached hydrogens (tertiary/aromatic N) is 2. The maximum Gasteiger partial charge on any atom is 0.327 e. The van der Waals surface area contributed by atoms with Crippen LogP contribution in [-0.2, 0) is 26.1 Å². The number of ether oxygens (including phenoxy) is 1. The highest BCUT2D eigenvalue weighted by Crippen LogP contribution is 2.22. The van der Waals surface area contributed by atoms with Gasteiger partial charge in [0.25, 0.3) is 0 Å². The molecule has 29 heavy (non-hydrogen) atoms. The Morgan fingerprint density at radius 2 is 1.79 bits per heavy atom. The number of hydrogen-bond donors (Lipinski definition) is 0. The summed E-state index contributed by atoms with van der Waals surface area (Å²) in [7, 11) is -3.70. The number of hydrogen-bond acceptors (Lipinski definition) is 5. The molecule has 0 aliphatic heterocycles. The molecule has 0 bridgehead atoms. The molecule has 2 rings (SSSR count). The van der Waals surface area contributed by atoms with Crippen LogP contribution in [0.2, 0.25) is 0 Å². The van der Waals surface area contributed by atoms with E-state index in [4.69, 9.17) is 4.74 Å². The number of benzene rings is 1. The van der Waals surface area contributed by atoms with Crippen LogP contribution >= 0.6 is 0 Å². The Balaban J connectivity index is 2.09. The monoisotopic (exact) mass is 420 g/mol.